The van der Waals surface area contributed by atoms with Crippen molar-refractivity contribution in [1.82, 2.24) is 19.4 Å². The topological polar surface area (TPSA) is 58.6 Å². The predicted molar refractivity (Wildman–Crippen MR) is 75.8 cm³/mol. The van der Waals surface area contributed by atoms with E-state index in [1.807, 2.05) is 4.90 Å². The number of carbonyl (C=O) groups is 1. The Labute approximate surface area is 122 Å². The van der Waals surface area contributed by atoms with Crippen LogP contribution in [-0.4, -0.2) is 71.2 Å². The van der Waals surface area contributed by atoms with Gasteiger partial charge in [-0.1, -0.05) is 4.49 Å². The smallest absolute Gasteiger partial charge is 0.267 e. The van der Waals surface area contributed by atoms with Crippen LogP contribution in [0.25, 0.3) is 0 Å². The maximum Gasteiger partial charge on any atom is 0.267 e. The van der Waals surface area contributed by atoms with Gasteiger partial charge in [0.2, 0.25) is 0 Å². The van der Waals surface area contributed by atoms with Crippen LogP contribution in [-0.2, 0) is 4.74 Å². The van der Waals surface area contributed by atoms with E-state index in [1.54, 1.807) is 6.20 Å². The van der Waals surface area contributed by atoms with E-state index < -0.39 is 0 Å². The summed E-state index contributed by atoms with van der Waals surface area (Å²) in [6, 6.07) is 0. The van der Waals surface area contributed by atoms with E-state index in [0.717, 1.165) is 26.2 Å². The second kappa shape index (κ2) is 6.15. The number of rotatable bonds is 5. The summed E-state index contributed by atoms with van der Waals surface area (Å²) in [6.07, 6.45) is 4.13. The minimum absolute atomic E-state index is 0.0451. The molecule has 6 nitrogen and oxygen atoms in total. The Bertz CT molecular complexity index is 449. The van der Waals surface area contributed by atoms with Gasteiger partial charge in [0.1, 0.15) is 4.88 Å². The second-order valence-electron chi connectivity index (χ2n) is 5.69. The summed E-state index contributed by atoms with van der Waals surface area (Å²) < 4.78 is 9.57. The van der Waals surface area contributed by atoms with Gasteiger partial charge in [0, 0.05) is 26.2 Å². The van der Waals surface area contributed by atoms with Gasteiger partial charge in [0.05, 0.1) is 18.9 Å². The average Bonchev–Trinajstić information content (AvgIpc) is 3.08. The molecule has 0 aromatic carbocycles. The molecule has 0 N–H and O–H groups in total. The molecule has 1 saturated heterocycles. The highest BCUT2D eigenvalue weighted by Crippen LogP contribution is 2.30. The monoisotopic (exact) mass is 296 g/mol. The van der Waals surface area contributed by atoms with E-state index in [0.29, 0.717) is 17.3 Å². The molecular formula is C13H20N4O2S. The van der Waals surface area contributed by atoms with Gasteiger partial charge in [-0.2, -0.15) is 0 Å². The first-order valence-corrected chi connectivity index (χ1v) is 7.86. The standard InChI is InChI=1S/C13H20N4O2S/c1-16-4-5-19-11(8-16)9-17(7-10-2-3-10)13(18)12-6-14-15-20-12/h6,10-11H,2-5,7-9H2,1H3. The number of likely N-dealkylation sites (N-methyl/N-ethyl adjacent to an activating group) is 1. The van der Waals surface area contributed by atoms with Gasteiger partial charge in [0.25, 0.3) is 5.91 Å². The van der Waals surface area contributed by atoms with Crippen LogP contribution >= 0.6 is 11.5 Å². The average molecular weight is 296 g/mol. The summed E-state index contributed by atoms with van der Waals surface area (Å²) in [5.74, 6) is 0.713. The maximum atomic E-state index is 12.5. The molecule has 7 heteroatoms. The van der Waals surface area contributed by atoms with Gasteiger partial charge in [-0.05, 0) is 37.3 Å². The van der Waals surface area contributed by atoms with E-state index in [2.05, 4.69) is 21.5 Å². The van der Waals surface area contributed by atoms with Crippen molar-refractivity contribution in [2.24, 2.45) is 5.92 Å². The lowest BCUT2D eigenvalue weighted by Crippen LogP contribution is -2.47. The predicted octanol–water partition coefficient (Wildman–Crippen LogP) is 0.721. The molecule has 3 rings (SSSR count). The van der Waals surface area contributed by atoms with Crippen molar-refractivity contribution in [3.05, 3.63) is 11.1 Å². The van der Waals surface area contributed by atoms with Crippen LogP contribution in [0.15, 0.2) is 6.20 Å². The van der Waals surface area contributed by atoms with Gasteiger partial charge in [-0.15, -0.1) is 5.10 Å². The summed E-state index contributed by atoms with van der Waals surface area (Å²) in [6.45, 7) is 4.09. The van der Waals surface area contributed by atoms with E-state index in [-0.39, 0.29) is 12.0 Å². The van der Waals surface area contributed by atoms with Crippen molar-refractivity contribution < 1.29 is 9.53 Å². The van der Waals surface area contributed by atoms with E-state index >= 15 is 0 Å². The van der Waals surface area contributed by atoms with E-state index in [4.69, 9.17) is 4.74 Å². The molecule has 1 aromatic heterocycles. The highest BCUT2D eigenvalue weighted by Gasteiger charge is 2.30. The number of aromatic nitrogens is 2. The number of hydrogen-bond donors (Lipinski definition) is 0. The maximum absolute atomic E-state index is 12.5. The minimum atomic E-state index is 0.0451. The number of morpholine rings is 1. The van der Waals surface area contributed by atoms with Gasteiger partial charge < -0.3 is 14.5 Å². The molecule has 1 atom stereocenters. The van der Waals surface area contributed by atoms with Crippen molar-refractivity contribution in [2.45, 2.75) is 18.9 Å². The molecule has 1 amide bonds. The fraction of sp³-hybridized carbons (Fsp3) is 0.769. The molecule has 2 aliphatic rings. The third-order valence-corrected chi connectivity index (χ3v) is 4.45. The molecule has 0 radical (unpaired) electrons. The zero-order valence-corrected chi connectivity index (χ0v) is 12.5. The third kappa shape index (κ3) is 3.53. The second-order valence-corrected chi connectivity index (χ2v) is 6.48. The molecular weight excluding hydrogens is 276 g/mol. The van der Waals surface area contributed by atoms with Crippen LogP contribution in [0.5, 0.6) is 0 Å². The highest BCUT2D eigenvalue weighted by atomic mass is 32.1. The number of ether oxygens (including phenoxy) is 1. The molecule has 1 unspecified atom stereocenters. The SMILES string of the molecule is CN1CCOC(CN(CC2CC2)C(=O)c2cnns2)C1. The lowest BCUT2D eigenvalue weighted by atomic mass is 10.2. The largest absolute Gasteiger partial charge is 0.374 e. The van der Waals surface area contributed by atoms with Crippen LogP contribution in [0.3, 0.4) is 0 Å². The molecule has 1 aromatic rings. The summed E-state index contributed by atoms with van der Waals surface area (Å²) in [5.41, 5.74) is 0. The summed E-state index contributed by atoms with van der Waals surface area (Å²) in [4.78, 5) is 17.3. The van der Waals surface area contributed by atoms with Crippen LogP contribution in [0.4, 0.5) is 0 Å². The van der Waals surface area contributed by atoms with Crippen molar-refractivity contribution >= 4 is 17.4 Å². The molecule has 20 heavy (non-hydrogen) atoms. The quantitative estimate of drug-likeness (QED) is 0.801. The first kappa shape index (κ1) is 13.9. The van der Waals surface area contributed by atoms with Crippen molar-refractivity contribution in [3.63, 3.8) is 0 Å². The molecule has 1 aliphatic carbocycles. The Morgan fingerprint density at radius 1 is 1.55 bits per heavy atom. The highest BCUT2D eigenvalue weighted by molar-refractivity contribution is 7.07. The molecule has 1 aliphatic heterocycles. The zero-order chi connectivity index (χ0) is 13.9. The van der Waals surface area contributed by atoms with E-state index in [9.17, 15) is 4.79 Å². The Balaban J connectivity index is 1.64. The van der Waals surface area contributed by atoms with Crippen molar-refractivity contribution in [2.75, 3.05) is 39.8 Å². The molecule has 1 saturated carbocycles. The molecule has 0 bridgehead atoms. The van der Waals surface area contributed by atoms with Gasteiger partial charge in [0.15, 0.2) is 0 Å². The van der Waals surface area contributed by atoms with Crippen molar-refractivity contribution in [3.8, 4) is 0 Å². The van der Waals surface area contributed by atoms with Gasteiger partial charge in [-0.3, -0.25) is 4.79 Å². The zero-order valence-electron chi connectivity index (χ0n) is 11.7. The summed E-state index contributed by atoms with van der Waals surface area (Å²) in [5, 5.41) is 3.76. The molecule has 0 spiro atoms. The van der Waals surface area contributed by atoms with Crippen LogP contribution in [0.1, 0.15) is 22.5 Å². The first-order chi connectivity index (χ1) is 9.72. The summed E-state index contributed by atoms with van der Waals surface area (Å²) >= 11 is 1.17. The number of amides is 1. The van der Waals surface area contributed by atoms with Crippen LogP contribution in [0, 0.1) is 5.92 Å². The minimum Gasteiger partial charge on any atom is -0.374 e. The number of carbonyl (C=O) groups excluding carboxylic acids is 1. The van der Waals surface area contributed by atoms with Crippen molar-refractivity contribution in [1.29, 1.82) is 0 Å². The Hall–Kier alpha value is -1.05. The lowest BCUT2D eigenvalue weighted by molar-refractivity contribution is -0.0330. The number of hydrogen-bond acceptors (Lipinski definition) is 6. The summed E-state index contributed by atoms with van der Waals surface area (Å²) in [7, 11) is 2.09. The number of nitrogens with zero attached hydrogens (tertiary/aromatic N) is 4. The van der Waals surface area contributed by atoms with Crippen LogP contribution in [0.2, 0.25) is 0 Å². The first-order valence-electron chi connectivity index (χ1n) is 7.09. The Morgan fingerprint density at radius 3 is 3.05 bits per heavy atom. The van der Waals surface area contributed by atoms with Crippen LogP contribution < -0.4 is 0 Å². The molecule has 2 heterocycles. The molecule has 2 fully saturated rings. The Morgan fingerprint density at radius 2 is 2.40 bits per heavy atom. The normalized spacial score (nSPS) is 23.8. The third-order valence-electron chi connectivity index (χ3n) is 3.80. The Kier molecular flexibility index (Phi) is 4.28. The lowest BCUT2D eigenvalue weighted by Gasteiger charge is -2.33. The molecule has 110 valence electrons. The van der Waals surface area contributed by atoms with Gasteiger partial charge >= 0.3 is 0 Å². The fourth-order valence-corrected chi connectivity index (χ4v) is 2.98. The fourth-order valence-electron chi connectivity index (χ4n) is 2.49. The van der Waals surface area contributed by atoms with E-state index in [1.165, 1.54) is 24.4 Å². The van der Waals surface area contributed by atoms with Gasteiger partial charge in [-0.25, -0.2) is 0 Å².